The molecule has 6 nitrogen and oxygen atoms in total. The fourth-order valence-corrected chi connectivity index (χ4v) is 10.7. The molecule has 2 amide bonds. The molecule has 5 aliphatic heterocycles. The first-order chi connectivity index (χ1) is 21.3. The van der Waals surface area contributed by atoms with Gasteiger partial charge in [0.2, 0.25) is 0 Å². The van der Waals surface area contributed by atoms with Crippen LogP contribution in [0.15, 0.2) is 83.6 Å². The molecule has 43 heavy (non-hydrogen) atoms. The summed E-state index contributed by atoms with van der Waals surface area (Å²) in [7, 11) is 0. The number of benzene rings is 2. The average molecular weight is 571 g/mol. The minimum absolute atomic E-state index is 0.0775. The number of hydrogen-bond donors (Lipinski definition) is 0. The van der Waals surface area contributed by atoms with Gasteiger partial charge in [0.05, 0.1) is 12.1 Å². The number of hydrogen-bond acceptors (Lipinski definition) is 4. The third-order valence-corrected chi connectivity index (χ3v) is 12.3. The Balaban J connectivity index is 1.27. The zero-order valence-corrected chi connectivity index (χ0v) is 24.8. The highest BCUT2D eigenvalue weighted by atomic mass is 16.5. The summed E-state index contributed by atoms with van der Waals surface area (Å²) >= 11 is 0. The fraction of sp³-hybridized carbons (Fsp3) is 0.514. The highest BCUT2D eigenvalue weighted by Crippen LogP contribution is 2.60. The Morgan fingerprint density at radius 1 is 0.558 bits per heavy atom. The molecule has 0 aromatic heterocycles. The lowest BCUT2D eigenvalue weighted by molar-refractivity contribution is -0.0834. The van der Waals surface area contributed by atoms with Crippen LogP contribution in [0.1, 0.15) is 70.6 Å². The maximum atomic E-state index is 15.2. The van der Waals surface area contributed by atoms with Crippen molar-refractivity contribution in [1.82, 2.24) is 14.7 Å². The molecule has 2 aromatic carbocycles. The number of fused-ring (bicyclic) bond motifs is 4. The van der Waals surface area contributed by atoms with Crippen molar-refractivity contribution < 1.29 is 14.3 Å². The quantitative estimate of drug-likeness (QED) is 0.463. The Bertz CT molecular complexity index is 1420. The molecule has 3 aliphatic carbocycles. The number of carbonyl (C=O) groups excluding carboxylic acids is 1. The Labute approximate surface area is 255 Å². The third kappa shape index (κ3) is 3.36. The number of carbonyl (C=O) groups is 1. The maximum absolute atomic E-state index is 15.2. The van der Waals surface area contributed by atoms with Gasteiger partial charge in [-0.1, -0.05) is 104 Å². The summed E-state index contributed by atoms with van der Waals surface area (Å²) in [6.07, 6.45) is 12.5. The van der Waals surface area contributed by atoms with Gasteiger partial charge >= 0.3 is 6.03 Å². The van der Waals surface area contributed by atoms with Crippen LogP contribution in [0.4, 0.5) is 4.79 Å². The van der Waals surface area contributed by atoms with E-state index in [4.69, 9.17) is 9.47 Å². The molecule has 2 aromatic rings. The molecule has 6 unspecified atom stereocenters. The molecule has 0 spiro atoms. The van der Waals surface area contributed by atoms with Gasteiger partial charge < -0.3 is 14.4 Å². The topological polar surface area (TPSA) is 45.3 Å². The van der Waals surface area contributed by atoms with Gasteiger partial charge in [0.15, 0.2) is 0 Å². The van der Waals surface area contributed by atoms with Crippen LogP contribution in [-0.4, -0.2) is 64.5 Å². The van der Waals surface area contributed by atoms with Crippen molar-refractivity contribution in [1.29, 1.82) is 0 Å². The monoisotopic (exact) mass is 571 g/mol. The van der Waals surface area contributed by atoms with E-state index in [1.807, 2.05) is 0 Å². The summed E-state index contributed by atoms with van der Waals surface area (Å²) in [6.45, 7) is 0.325. The lowest BCUT2D eigenvalue weighted by atomic mass is 9.24. The number of rotatable bonds is 2. The van der Waals surface area contributed by atoms with Crippen LogP contribution < -0.4 is 10.9 Å². The average Bonchev–Trinajstić information content (AvgIpc) is 3.06. The standard InChI is InChI=1S/C35H39B2N3O3/c41-35-38-26-18-7-9-20-28(26)42-31-33(38)40-30-24(36(31)22-12-3-1-4-13-22)16-11-17-25(30)37(23-14-5-2-6-15-23)32-34(40)39(35)27-19-8-10-21-29(27)43-32/h1-6,12-15,24-30H,7-11,16-21H2. The molecular formula is C35H39B2N3O3. The van der Waals surface area contributed by atoms with Crippen molar-refractivity contribution in [2.24, 2.45) is 0 Å². The van der Waals surface area contributed by atoms with Crippen LogP contribution in [0.2, 0.25) is 11.6 Å². The van der Waals surface area contributed by atoms with Crippen molar-refractivity contribution in [2.75, 3.05) is 0 Å². The van der Waals surface area contributed by atoms with E-state index in [2.05, 4.69) is 75.4 Å². The number of urea groups is 1. The lowest BCUT2D eigenvalue weighted by Crippen LogP contribution is -2.75. The van der Waals surface area contributed by atoms with Crippen LogP contribution in [0.3, 0.4) is 0 Å². The van der Waals surface area contributed by atoms with Crippen LogP contribution in [-0.2, 0) is 9.47 Å². The molecule has 5 heterocycles. The summed E-state index contributed by atoms with van der Waals surface area (Å²) < 4.78 is 14.4. The van der Waals surface area contributed by atoms with E-state index < -0.39 is 0 Å². The van der Waals surface area contributed by atoms with E-state index in [0.29, 0.717) is 17.7 Å². The van der Waals surface area contributed by atoms with Crippen molar-refractivity contribution in [2.45, 2.75) is 113 Å². The van der Waals surface area contributed by atoms with Crippen LogP contribution in [0, 0.1) is 0 Å². The number of nitrogens with zero attached hydrogens (tertiary/aromatic N) is 3. The van der Waals surface area contributed by atoms with E-state index in [0.717, 1.165) is 61.5 Å². The molecule has 1 saturated heterocycles. The highest BCUT2D eigenvalue weighted by molar-refractivity contribution is 6.83. The van der Waals surface area contributed by atoms with Crippen molar-refractivity contribution in [3.8, 4) is 0 Å². The van der Waals surface area contributed by atoms with Gasteiger partial charge in [-0.05, 0) is 50.2 Å². The summed E-state index contributed by atoms with van der Waals surface area (Å²) in [5, 5.41) is 0. The van der Waals surface area contributed by atoms with Crippen LogP contribution in [0.5, 0.6) is 0 Å². The molecule has 8 heteroatoms. The number of ether oxygens (including phenoxy) is 2. The molecule has 4 fully saturated rings. The van der Waals surface area contributed by atoms with E-state index in [1.54, 1.807) is 0 Å². The van der Waals surface area contributed by atoms with Gasteiger partial charge in [-0.2, -0.15) is 0 Å². The van der Waals surface area contributed by atoms with Gasteiger partial charge in [0.25, 0.3) is 13.4 Å². The zero-order valence-electron chi connectivity index (χ0n) is 24.8. The van der Waals surface area contributed by atoms with Crippen molar-refractivity contribution in [3.63, 3.8) is 0 Å². The highest BCUT2D eigenvalue weighted by Gasteiger charge is 2.66. The second-order valence-electron chi connectivity index (χ2n) is 14.3. The molecule has 0 radical (unpaired) electrons. The van der Waals surface area contributed by atoms with Gasteiger partial charge in [0, 0.05) is 6.04 Å². The fourth-order valence-electron chi connectivity index (χ4n) is 10.7. The summed E-state index contributed by atoms with van der Waals surface area (Å²) in [4.78, 5) is 22.4. The Kier molecular flexibility index (Phi) is 5.46. The van der Waals surface area contributed by atoms with E-state index in [1.165, 1.54) is 43.0 Å². The predicted octanol–water partition coefficient (Wildman–Crippen LogP) is 5.25. The second kappa shape index (κ2) is 9.36. The third-order valence-electron chi connectivity index (χ3n) is 12.3. The molecule has 6 atom stereocenters. The van der Waals surface area contributed by atoms with Gasteiger partial charge in [-0.25, -0.2) is 4.79 Å². The minimum atomic E-state index is 0.0775. The Hall–Kier alpha value is -3.28. The molecule has 218 valence electrons. The first-order valence-corrected chi connectivity index (χ1v) is 17.1. The smallest absolute Gasteiger partial charge is 0.332 e. The van der Waals surface area contributed by atoms with Gasteiger partial charge in [-0.15, -0.1) is 0 Å². The predicted molar refractivity (Wildman–Crippen MR) is 168 cm³/mol. The van der Waals surface area contributed by atoms with E-state index in [9.17, 15) is 0 Å². The molecule has 0 bridgehead atoms. The van der Waals surface area contributed by atoms with Gasteiger partial charge in [0.1, 0.15) is 35.2 Å². The minimum Gasteiger partial charge on any atom is -0.499 e. The summed E-state index contributed by atoms with van der Waals surface area (Å²) in [6, 6.07) is 22.9. The molecular weight excluding hydrogens is 532 g/mol. The lowest BCUT2D eigenvalue weighted by Gasteiger charge is -2.66. The van der Waals surface area contributed by atoms with Crippen LogP contribution in [0.25, 0.3) is 0 Å². The van der Waals surface area contributed by atoms with Crippen molar-refractivity contribution in [3.05, 3.63) is 83.6 Å². The first-order valence-electron chi connectivity index (χ1n) is 17.1. The normalized spacial score (nSPS) is 35.6. The molecule has 10 rings (SSSR count). The maximum Gasteiger partial charge on any atom is 0.332 e. The number of amides is 2. The first kappa shape index (κ1) is 25.1. The van der Waals surface area contributed by atoms with E-state index in [-0.39, 0.29) is 43.7 Å². The largest absolute Gasteiger partial charge is 0.499 e. The Morgan fingerprint density at radius 3 is 1.51 bits per heavy atom. The summed E-state index contributed by atoms with van der Waals surface area (Å²) in [5.74, 6) is 2.95. The molecule has 8 aliphatic rings. The molecule has 0 N–H and O–H groups in total. The van der Waals surface area contributed by atoms with Gasteiger partial charge in [-0.3, -0.25) is 9.80 Å². The second-order valence-corrected chi connectivity index (χ2v) is 14.3. The van der Waals surface area contributed by atoms with Crippen LogP contribution >= 0.6 is 0 Å². The Morgan fingerprint density at radius 2 is 1.02 bits per heavy atom. The van der Waals surface area contributed by atoms with E-state index >= 15 is 4.79 Å². The van der Waals surface area contributed by atoms with Crippen molar-refractivity contribution >= 4 is 30.4 Å². The SMILES string of the molecule is O=C1N2C3=C(OC4CCCCC42)B(c2ccccc2)C2CCCC4B(c5ccccc5)C5=C(N1C1CCCCC1O5)N3C24. The zero-order chi connectivity index (χ0) is 28.2. The molecule has 3 saturated carbocycles. The summed E-state index contributed by atoms with van der Waals surface area (Å²) in [5.41, 5.74) is 4.78.